The van der Waals surface area contributed by atoms with Crippen molar-refractivity contribution in [1.82, 2.24) is 5.32 Å². The summed E-state index contributed by atoms with van der Waals surface area (Å²) in [5, 5.41) is 21.9. The molecule has 20 heavy (non-hydrogen) atoms. The molecule has 1 amide bonds. The molecule has 0 atom stereocenters. The third kappa shape index (κ3) is 2.66. The lowest BCUT2D eigenvalue weighted by Gasteiger charge is -2.11. The molecule has 0 saturated heterocycles. The highest BCUT2D eigenvalue weighted by atomic mass is 16.3. The molecule has 0 saturated carbocycles. The Bertz CT molecular complexity index is 633. The number of phenols is 2. The van der Waals surface area contributed by atoms with E-state index in [1.165, 1.54) is 18.2 Å². The van der Waals surface area contributed by atoms with E-state index in [0.717, 1.165) is 11.1 Å². The fourth-order valence-electron chi connectivity index (χ4n) is 1.92. The summed E-state index contributed by atoms with van der Waals surface area (Å²) in [4.78, 5) is 12.0. The molecule has 2 aromatic carbocycles. The van der Waals surface area contributed by atoms with E-state index in [9.17, 15) is 15.0 Å². The van der Waals surface area contributed by atoms with Gasteiger partial charge in [-0.3, -0.25) is 4.79 Å². The van der Waals surface area contributed by atoms with Gasteiger partial charge in [0, 0.05) is 12.2 Å². The quantitative estimate of drug-likeness (QED) is 0.642. The number of nitrogen functional groups attached to an aromatic ring is 1. The van der Waals surface area contributed by atoms with Gasteiger partial charge in [-0.1, -0.05) is 18.2 Å². The van der Waals surface area contributed by atoms with Crippen molar-refractivity contribution in [3.63, 3.8) is 0 Å². The first-order chi connectivity index (χ1) is 9.50. The number of carbonyl (C=O) groups excluding carboxylic acids is 1. The third-order valence-electron chi connectivity index (χ3n) is 3.17. The van der Waals surface area contributed by atoms with Crippen LogP contribution >= 0.6 is 0 Å². The van der Waals surface area contributed by atoms with Gasteiger partial charge in [0.25, 0.3) is 5.91 Å². The number of hydrogen-bond donors (Lipinski definition) is 4. The van der Waals surface area contributed by atoms with E-state index in [0.29, 0.717) is 5.69 Å². The van der Waals surface area contributed by atoms with Crippen molar-refractivity contribution in [2.45, 2.75) is 13.5 Å². The molecule has 0 fully saturated rings. The number of aromatic hydroxyl groups is 2. The summed E-state index contributed by atoms with van der Waals surface area (Å²) in [6, 6.07) is 9.61. The minimum atomic E-state index is -0.539. The van der Waals surface area contributed by atoms with E-state index < -0.39 is 5.91 Å². The number of carbonyl (C=O) groups is 1. The largest absolute Gasteiger partial charge is 0.507 e. The van der Waals surface area contributed by atoms with E-state index in [1.54, 1.807) is 12.1 Å². The Labute approximate surface area is 116 Å². The number of anilines is 1. The predicted octanol–water partition coefficient (Wildman–Crippen LogP) is 1.92. The van der Waals surface area contributed by atoms with Crippen LogP contribution in [-0.4, -0.2) is 16.1 Å². The second-order valence-electron chi connectivity index (χ2n) is 4.49. The summed E-state index contributed by atoms with van der Waals surface area (Å²) in [6.07, 6.45) is 0. The zero-order chi connectivity index (χ0) is 14.7. The molecular weight excluding hydrogens is 256 g/mol. The first kappa shape index (κ1) is 13.7. The second kappa shape index (κ2) is 5.52. The Balaban J connectivity index is 2.15. The lowest BCUT2D eigenvalue weighted by Crippen LogP contribution is -2.23. The molecule has 5 heteroatoms. The molecule has 0 unspecified atom stereocenters. The molecule has 0 aliphatic rings. The number of nitrogens with two attached hydrogens (primary N) is 1. The van der Waals surface area contributed by atoms with Gasteiger partial charge in [0.1, 0.15) is 17.1 Å². The fraction of sp³-hybridized carbons (Fsp3) is 0.133. The molecule has 104 valence electrons. The van der Waals surface area contributed by atoms with Gasteiger partial charge in [-0.15, -0.1) is 0 Å². The second-order valence-corrected chi connectivity index (χ2v) is 4.49. The number of nitrogens with one attached hydrogen (secondary N) is 1. The SMILES string of the molecule is Cc1c(N)cccc1CNC(=O)c1c(O)cccc1O. The van der Waals surface area contributed by atoms with Gasteiger partial charge in [-0.05, 0) is 36.2 Å². The molecule has 0 bridgehead atoms. The maximum atomic E-state index is 12.0. The molecular formula is C15H16N2O3. The highest BCUT2D eigenvalue weighted by Gasteiger charge is 2.15. The van der Waals surface area contributed by atoms with E-state index >= 15 is 0 Å². The van der Waals surface area contributed by atoms with Gasteiger partial charge in [0.15, 0.2) is 0 Å². The zero-order valence-corrected chi connectivity index (χ0v) is 11.1. The molecule has 0 aliphatic carbocycles. The summed E-state index contributed by atoms with van der Waals surface area (Å²) in [6.45, 7) is 2.14. The molecule has 5 nitrogen and oxygen atoms in total. The van der Waals surface area contributed by atoms with Crippen molar-refractivity contribution >= 4 is 11.6 Å². The van der Waals surface area contributed by atoms with Crippen LogP contribution in [0.3, 0.4) is 0 Å². The standard InChI is InChI=1S/C15H16N2O3/c1-9-10(4-2-5-11(9)16)8-17-15(20)14-12(18)6-3-7-13(14)19/h2-7,18-19H,8,16H2,1H3,(H,17,20). The van der Waals surface area contributed by atoms with Gasteiger partial charge in [-0.25, -0.2) is 0 Å². The van der Waals surface area contributed by atoms with Gasteiger partial charge in [-0.2, -0.15) is 0 Å². The maximum absolute atomic E-state index is 12.0. The molecule has 2 aromatic rings. The lowest BCUT2D eigenvalue weighted by atomic mass is 10.1. The summed E-state index contributed by atoms with van der Waals surface area (Å²) in [7, 11) is 0. The van der Waals surface area contributed by atoms with Crippen LogP contribution in [-0.2, 0) is 6.54 Å². The number of benzene rings is 2. The summed E-state index contributed by atoms with van der Waals surface area (Å²) < 4.78 is 0. The van der Waals surface area contributed by atoms with E-state index in [1.807, 2.05) is 13.0 Å². The molecule has 0 radical (unpaired) electrons. The topological polar surface area (TPSA) is 95.6 Å². The van der Waals surface area contributed by atoms with Gasteiger partial charge < -0.3 is 21.3 Å². The predicted molar refractivity (Wildman–Crippen MR) is 76.5 cm³/mol. The van der Waals surface area contributed by atoms with Crippen LogP contribution in [0.4, 0.5) is 5.69 Å². The van der Waals surface area contributed by atoms with Gasteiger partial charge in [0.05, 0.1) is 0 Å². The van der Waals surface area contributed by atoms with Crippen molar-refractivity contribution in [2.24, 2.45) is 0 Å². The summed E-state index contributed by atoms with van der Waals surface area (Å²) in [5.74, 6) is -1.05. The number of hydrogen-bond acceptors (Lipinski definition) is 4. The van der Waals surface area contributed by atoms with Crippen LogP contribution in [0.15, 0.2) is 36.4 Å². The monoisotopic (exact) mass is 272 g/mol. The van der Waals surface area contributed by atoms with Gasteiger partial charge in [0.2, 0.25) is 0 Å². The van der Waals surface area contributed by atoms with Crippen LogP contribution in [0, 0.1) is 6.92 Å². The Morgan fingerprint density at radius 3 is 2.40 bits per heavy atom. The highest BCUT2D eigenvalue weighted by Crippen LogP contribution is 2.26. The number of rotatable bonds is 3. The van der Waals surface area contributed by atoms with Crippen molar-refractivity contribution in [3.05, 3.63) is 53.1 Å². The average molecular weight is 272 g/mol. The molecule has 0 aliphatic heterocycles. The van der Waals surface area contributed by atoms with Gasteiger partial charge >= 0.3 is 0 Å². The van der Waals surface area contributed by atoms with Crippen LogP contribution in [0.2, 0.25) is 0 Å². The zero-order valence-electron chi connectivity index (χ0n) is 11.1. The van der Waals surface area contributed by atoms with Crippen molar-refractivity contribution in [3.8, 4) is 11.5 Å². The Hall–Kier alpha value is -2.69. The molecule has 0 aromatic heterocycles. The molecule has 5 N–H and O–H groups in total. The van der Waals surface area contributed by atoms with Crippen molar-refractivity contribution in [1.29, 1.82) is 0 Å². The minimum Gasteiger partial charge on any atom is -0.507 e. The highest BCUT2D eigenvalue weighted by molar-refractivity contribution is 5.99. The number of phenolic OH excluding ortho intramolecular Hbond substituents is 2. The third-order valence-corrected chi connectivity index (χ3v) is 3.17. The summed E-state index contributed by atoms with van der Waals surface area (Å²) >= 11 is 0. The van der Waals surface area contributed by atoms with Crippen LogP contribution < -0.4 is 11.1 Å². The molecule has 0 spiro atoms. The lowest BCUT2D eigenvalue weighted by molar-refractivity contribution is 0.0945. The van der Waals surface area contributed by atoms with Crippen LogP contribution in [0.25, 0.3) is 0 Å². The summed E-state index contributed by atoms with van der Waals surface area (Å²) in [5.41, 5.74) is 8.10. The van der Waals surface area contributed by atoms with Crippen LogP contribution in [0.5, 0.6) is 11.5 Å². The van der Waals surface area contributed by atoms with E-state index in [4.69, 9.17) is 5.73 Å². The normalized spacial score (nSPS) is 10.2. The van der Waals surface area contributed by atoms with Crippen LogP contribution in [0.1, 0.15) is 21.5 Å². The average Bonchev–Trinajstić information content (AvgIpc) is 2.40. The maximum Gasteiger partial charge on any atom is 0.259 e. The minimum absolute atomic E-state index is 0.131. The van der Waals surface area contributed by atoms with Crippen molar-refractivity contribution in [2.75, 3.05) is 5.73 Å². The number of amides is 1. The Morgan fingerprint density at radius 1 is 1.15 bits per heavy atom. The molecule has 0 heterocycles. The van der Waals surface area contributed by atoms with E-state index in [2.05, 4.69) is 5.32 Å². The Morgan fingerprint density at radius 2 is 1.75 bits per heavy atom. The smallest absolute Gasteiger partial charge is 0.259 e. The fourth-order valence-corrected chi connectivity index (χ4v) is 1.92. The molecule has 2 rings (SSSR count). The van der Waals surface area contributed by atoms with E-state index in [-0.39, 0.29) is 23.6 Å². The first-order valence-electron chi connectivity index (χ1n) is 6.14. The van der Waals surface area contributed by atoms with Crippen molar-refractivity contribution < 1.29 is 15.0 Å². The Kier molecular flexibility index (Phi) is 3.79. The first-order valence-corrected chi connectivity index (χ1v) is 6.14.